The summed E-state index contributed by atoms with van der Waals surface area (Å²) in [6, 6.07) is 3.18. The van der Waals surface area contributed by atoms with Crippen LogP contribution in [0.4, 0.5) is 0 Å². The van der Waals surface area contributed by atoms with E-state index in [1.165, 1.54) is 24.3 Å². The van der Waals surface area contributed by atoms with Gasteiger partial charge in [-0.2, -0.15) is 0 Å². The number of rotatable bonds is 0. The number of benzene rings is 1. The first-order chi connectivity index (χ1) is 12.2. The number of esters is 1. The quantitative estimate of drug-likeness (QED) is 0.613. The van der Waals surface area contributed by atoms with Crippen molar-refractivity contribution in [3.8, 4) is 5.75 Å². The molecule has 1 aliphatic rings. The number of aromatic hydroxyl groups is 1. The van der Waals surface area contributed by atoms with Crippen LogP contribution in [-0.2, 0) is 9.53 Å². The molecule has 1 aromatic carbocycles. The van der Waals surface area contributed by atoms with E-state index in [2.05, 4.69) is 0 Å². The summed E-state index contributed by atoms with van der Waals surface area (Å²) in [6.07, 6.45) is 2.44. The van der Waals surface area contributed by atoms with Crippen LogP contribution >= 0.6 is 0 Å². The first-order valence-electron chi connectivity index (χ1n) is 8.50. The van der Waals surface area contributed by atoms with Crippen molar-refractivity contribution in [2.75, 3.05) is 0 Å². The molecule has 1 aliphatic heterocycles. The first-order valence-corrected chi connectivity index (χ1v) is 8.50. The zero-order valence-corrected chi connectivity index (χ0v) is 15.0. The summed E-state index contributed by atoms with van der Waals surface area (Å²) in [5.74, 6) is -1.77. The first kappa shape index (κ1) is 19.9. The van der Waals surface area contributed by atoms with E-state index < -0.39 is 30.1 Å². The second-order valence-corrected chi connectivity index (χ2v) is 6.63. The largest absolute Gasteiger partial charge is 0.507 e. The topological polar surface area (TPSA) is 104 Å². The molecule has 2 rings (SSSR count). The summed E-state index contributed by atoms with van der Waals surface area (Å²) in [4.78, 5) is 24.5. The maximum absolute atomic E-state index is 12.5. The van der Waals surface area contributed by atoms with Crippen LogP contribution in [0.15, 0.2) is 30.4 Å². The fraction of sp³-hybridized carbons (Fsp3) is 0.400. The third-order valence-electron chi connectivity index (χ3n) is 4.42. The molecule has 2 unspecified atom stereocenters. The number of aliphatic hydroxyl groups excluding tert-OH is 2. The van der Waals surface area contributed by atoms with Gasteiger partial charge in [0, 0.05) is 5.92 Å². The van der Waals surface area contributed by atoms with Gasteiger partial charge in [-0.05, 0) is 43.5 Å². The highest BCUT2D eigenvalue weighted by Gasteiger charge is 2.24. The van der Waals surface area contributed by atoms with Crippen LogP contribution in [-0.4, -0.2) is 45.4 Å². The number of phenolic OH excluding ortho intramolecular Hbond substituents is 1. The molecule has 6 nitrogen and oxygen atoms in total. The minimum Gasteiger partial charge on any atom is -0.507 e. The zero-order valence-electron chi connectivity index (χ0n) is 15.0. The van der Waals surface area contributed by atoms with Crippen molar-refractivity contribution < 1.29 is 29.6 Å². The third-order valence-corrected chi connectivity index (χ3v) is 4.42. The number of fused-ring (bicyclic) bond motifs is 1. The molecule has 3 N–H and O–H groups in total. The summed E-state index contributed by atoms with van der Waals surface area (Å²) in [5, 5.41) is 30.1. The van der Waals surface area contributed by atoms with Gasteiger partial charge in [0.1, 0.15) is 23.5 Å². The molecule has 140 valence electrons. The maximum Gasteiger partial charge on any atom is 0.342 e. The summed E-state index contributed by atoms with van der Waals surface area (Å²) in [7, 11) is 0. The highest BCUT2D eigenvalue weighted by Crippen LogP contribution is 2.27. The lowest BCUT2D eigenvalue weighted by Crippen LogP contribution is -2.32. The second kappa shape index (κ2) is 8.29. The van der Waals surface area contributed by atoms with Crippen LogP contribution in [0.5, 0.6) is 5.75 Å². The smallest absolute Gasteiger partial charge is 0.342 e. The van der Waals surface area contributed by atoms with E-state index in [-0.39, 0.29) is 23.7 Å². The zero-order chi connectivity index (χ0) is 19.4. The molecule has 6 heteroatoms. The number of carbonyl (C=O) groups is 2. The lowest BCUT2D eigenvalue weighted by atomic mass is 9.99. The Hall–Kier alpha value is -2.44. The maximum atomic E-state index is 12.5. The molecule has 0 aliphatic carbocycles. The molecule has 26 heavy (non-hydrogen) atoms. The predicted octanol–water partition coefficient (Wildman–Crippen LogP) is 2.15. The van der Waals surface area contributed by atoms with Crippen molar-refractivity contribution in [3.63, 3.8) is 0 Å². The van der Waals surface area contributed by atoms with Crippen LogP contribution < -0.4 is 0 Å². The van der Waals surface area contributed by atoms with E-state index >= 15 is 0 Å². The highest BCUT2D eigenvalue weighted by molar-refractivity contribution is 5.97. The molecule has 1 aromatic rings. The molecule has 1 heterocycles. The van der Waals surface area contributed by atoms with E-state index in [0.29, 0.717) is 5.56 Å². The Kier molecular flexibility index (Phi) is 6.34. The van der Waals surface area contributed by atoms with Crippen molar-refractivity contribution in [1.82, 2.24) is 0 Å². The molecule has 0 aromatic heterocycles. The van der Waals surface area contributed by atoms with E-state index in [0.717, 1.165) is 5.56 Å². The van der Waals surface area contributed by atoms with Gasteiger partial charge in [0.15, 0.2) is 5.78 Å². The fourth-order valence-corrected chi connectivity index (χ4v) is 2.64. The Morgan fingerprint density at radius 1 is 1.12 bits per heavy atom. The number of hydrogen-bond donors (Lipinski definition) is 3. The van der Waals surface area contributed by atoms with Crippen molar-refractivity contribution in [2.24, 2.45) is 5.92 Å². The van der Waals surface area contributed by atoms with E-state index in [4.69, 9.17) is 4.74 Å². The van der Waals surface area contributed by atoms with Crippen molar-refractivity contribution in [2.45, 2.75) is 45.5 Å². The number of ketones is 1. The molecule has 0 radical (unpaired) electrons. The molecular formula is C20H24O6. The normalized spacial score (nSPS) is 30.0. The predicted molar refractivity (Wildman–Crippen MR) is 96.7 cm³/mol. The molecule has 0 bridgehead atoms. The van der Waals surface area contributed by atoms with Crippen LogP contribution in [0.2, 0.25) is 0 Å². The number of aryl methyl sites for hydroxylation is 1. The minimum absolute atomic E-state index is 0.00982. The number of hydrogen-bond acceptors (Lipinski definition) is 6. The molecule has 0 saturated carbocycles. The van der Waals surface area contributed by atoms with Gasteiger partial charge in [-0.1, -0.05) is 31.2 Å². The van der Waals surface area contributed by atoms with Gasteiger partial charge >= 0.3 is 5.97 Å². The fourth-order valence-electron chi connectivity index (χ4n) is 2.64. The average molecular weight is 360 g/mol. The third kappa shape index (κ3) is 4.59. The molecule has 0 fully saturated rings. The van der Waals surface area contributed by atoms with Crippen LogP contribution in [0.1, 0.15) is 41.8 Å². The minimum atomic E-state index is -1.53. The molecule has 0 saturated heterocycles. The van der Waals surface area contributed by atoms with Crippen molar-refractivity contribution in [1.29, 1.82) is 0 Å². The van der Waals surface area contributed by atoms with Gasteiger partial charge in [-0.15, -0.1) is 0 Å². The Bertz CT molecular complexity index is 749. The molecule has 4 atom stereocenters. The van der Waals surface area contributed by atoms with Crippen LogP contribution in [0, 0.1) is 12.8 Å². The standard InChI is InChI=1S/C20H24O6/c1-11-9-14-5-4-6-15(21)19(24)16(22)8-7-12(2)13(3)26-20(25)18(14)17(23)10-11/h4-5,7-10,12-13,15,19,21,23-24H,6H2,1-3H3/b5-4+,8-7-/t12?,13-,15-,19?/m0/s1. The Balaban J connectivity index is 2.48. The van der Waals surface area contributed by atoms with Gasteiger partial charge in [0.25, 0.3) is 0 Å². The van der Waals surface area contributed by atoms with E-state index in [1.54, 1.807) is 32.9 Å². The van der Waals surface area contributed by atoms with E-state index in [1.807, 2.05) is 0 Å². The van der Waals surface area contributed by atoms with Crippen molar-refractivity contribution >= 4 is 17.8 Å². The SMILES string of the molecule is Cc1cc(O)c2c(c1)/C=C/C[C@H](O)C(O)C(=O)/C=C\C(C)[C@H](C)OC2=O. The van der Waals surface area contributed by atoms with Crippen molar-refractivity contribution in [3.05, 3.63) is 47.1 Å². The van der Waals surface area contributed by atoms with Gasteiger partial charge in [0.05, 0.1) is 6.10 Å². The number of phenols is 1. The van der Waals surface area contributed by atoms with Gasteiger partial charge in [-0.25, -0.2) is 4.79 Å². The molecule has 0 spiro atoms. The van der Waals surface area contributed by atoms with E-state index in [9.17, 15) is 24.9 Å². The van der Waals surface area contributed by atoms with Gasteiger partial charge in [-0.3, -0.25) is 4.79 Å². The Morgan fingerprint density at radius 3 is 2.50 bits per heavy atom. The lowest BCUT2D eigenvalue weighted by molar-refractivity contribution is -0.127. The summed E-state index contributed by atoms with van der Waals surface area (Å²) in [5.41, 5.74) is 1.23. The molecular weight excluding hydrogens is 336 g/mol. The summed E-state index contributed by atoms with van der Waals surface area (Å²) >= 11 is 0. The van der Waals surface area contributed by atoms with Crippen LogP contribution in [0.25, 0.3) is 6.08 Å². The monoisotopic (exact) mass is 360 g/mol. The van der Waals surface area contributed by atoms with Crippen LogP contribution in [0.3, 0.4) is 0 Å². The van der Waals surface area contributed by atoms with Gasteiger partial charge < -0.3 is 20.1 Å². The Labute approximate surface area is 152 Å². The summed E-state index contributed by atoms with van der Waals surface area (Å²) in [6.45, 7) is 5.21. The molecule has 0 amide bonds. The Morgan fingerprint density at radius 2 is 1.81 bits per heavy atom. The highest BCUT2D eigenvalue weighted by atomic mass is 16.5. The number of cyclic esters (lactones) is 1. The van der Waals surface area contributed by atoms with Gasteiger partial charge in [0.2, 0.25) is 0 Å². The number of aliphatic hydroxyl groups is 2. The number of carbonyl (C=O) groups excluding carboxylic acids is 2. The average Bonchev–Trinajstić information content (AvgIpc) is 2.56. The number of ether oxygens (including phenoxy) is 1. The second-order valence-electron chi connectivity index (χ2n) is 6.63. The lowest BCUT2D eigenvalue weighted by Gasteiger charge is -2.20. The summed E-state index contributed by atoms with van der Waals surface area (Å²) < 4.78 is 5.43.